The highest BCUT2D eigenvalue weighted by Crippen LogP contribution is 2.30. The molecule has 1 N–H and O–H groups in total. The van der Waals surface area contributed by atoms with Crippen LogP contribution in [-0.2, 0) is 9.53 Å². The minimum absolute atomic E-state index is 0.0139. The number of benzene rings is 1. The van der Waals surface area contributed by atoms with Crippen LogP contribution in [0.4, 0.5) is 5.69 Å². The number of nitrogens with one attached hydrogen (secondary N) is 1. The Morgan fingerprint density at radius 2 is 2.06 bits per heavy atom. The van der Waals surface area contributed by atoms with Crippen molar-refractivity contribution < 1.29 is 9.53 Å². The molecule has 1 unspecified atom stereocenters. The zero-order valence-corrected chi connectivity index (χ0v) is 11.4. The van der Waals surface area contributed by atoms with Crippen LogP contribution in [0.25, 0.3) is 0 Å². The van der Waals surface area contributed by atoms with E-state index in [1.807, 2.05) is 0 Å². The van der Waals surface area contributed by atoms with Gasteiger partial charge in [0.25, 0.3) is 0 Å². The number of hydrogen-bond donors (Lipinski definition) is 1. The number of carbonyl (C=O) groups is 1. The Kier molecular flexibility index (Phi) is 4.87. The third kappa shape index (κ3) is 3.61. The summed E-state index contributed by atoms with van der Waals surface area (Å²) in [5.74, 6) is -0.114. The summed E-state index contributed by atoms with van der Waals surface area (Å²) >= 11 is 12.0. The Balaban J connectivity index is 1.94. The smallest absolute Gasteiger partial charge is 0.227 e. The molecule has 1 fully saturated rings. The molecule has 1 atom stereocenters. The number of anilines is 1. The van der Waals surface area contributed by atoms with Crippen molar-refractivity contribution in [3.8, 4) is 0 Å². The van der Waals surface area contributed by atoms with Crippen molar-refractivity contribution in [2.24, 2.45) is 0 Å². The predicted octanol–water partition coefficient (Wildman–Crippen LogP) is 3.89. The van der Waals surface area contributed by atoms with Gasteiger partial charge in [0, 0.05) is 6.61 Å². The van der Waals surface area contributed by atoms with E-state index in [-0.39, 0.29) is 12.0 Å². The van der Waals surface area contributed by atoms with Gasteiger partial charge in [-0.05, 0) is 31.4 Å². The Labute approximate surface area is 116 Å². The van der Waals surface area contributed by atoms with Crippen LogP contribution in [-0.4, -0.2) is 18.6 Å². The van der Waals surface area contributed by atoms with Crippen LogP contribution in [0.1, 0.15) is 25.7 Å². The second-order valence-electron chi connectivity index (χ2n) is 4.34. The highest BCUT2D eigenvalue weighted by Gasteiger charge is 2.18. The van der Waals surface area contributed by atoms with Gasteiger partial charge in [-0.15, -0.1) is 0 Å². The van der Waals surface area contributed by atoms with Crippen molar-refractivity contribution in [1.29, 1.82) is 0 Å². The van der Waals surface area contributed by atoms with Gasteiger partial charge in [-0.1, -0.05) is 29.3 Å². The largest absolute Gasteiger partial charge is 0.378 e. The Bertz CT molecular complexity index is 411. The third-order valence-corrected chi connectivity index (χ3v) is 3.54. The number of halogens is 2. The molecule has 1 amide bonds. The first kappa shape index (κ1) is 13.7. The number of ether oxygens (including phenoxy) is 1. The molecular formula is C13H15Cl2NO2. The molecule has 0 saturated carbocycles. The van der Waals surface area contributed by atoms with Gasteiger partial charge in [-0.2, -0.15) is 0 Å². The molecule has 98 valence electrons. The maximum Gasteiger partial charge on any atom is 0.227 e. The summed E-state index contributed by atoms with van der Waals surface area (Å²) in [5.41, 5.74) is 0.474. The van der Waals surface area contributed by atoms with Gasteiger partial charge in [0.1, 0.15) is 0 Å². The molecule has 18 heavy (non-hydrogen) atoms. The minimum Gasteiger partial charge on any atom is -0.378 e. The van der Waals surface area contributed by atoms with Gasteiger partial charge < -0.3 is 10.1 Å². The van der Waals surface area contributed by atoms with Crippen LogP contribution in [0.3, 0.4) is 0 Å². The van der Waals surface area contributed by atoms with E-state index in [2.05, 4.69) is 5.32 Å². The molecular weight excluding hydrogens is 273 g/mol. The highest BCUT2D eigenvalue weighted by atomic mass is 35.5. The second-order valence-corrected chi connectivity index (χ2v) is 5.15. The van der Waals surface area contributed by atoms with Gasteiger partial charge >= 0.3 is 0 Å². The van der Waals surface area contributed by atoms with Crippen LogP contribution in [0, 0.1) is 0 Å². The SMILES string of the molecule is O=C(CC1CCCCO1)Nc1c(Cl)cccc1Cl. The third-order valence-electron chi connectivity index (χ3n) is 2.91. The first-order valence-electron chi connectivity index (χ1n) is 6.02. The van der Waals surface area contributed by atoms with Crippen LogP contribution < -0.4 is 5.32 Å². The van der Waals surface area contributed by atoms with Crippen molar-refractivity contribution in [3.05, 3.63) is 28.2 Å². The quantitative estimate of drug-likeness (QED) is 0.916. The average molecular weight is 288 g/mol. The molecule has 1 heterocycles. The molecule has 1 saturated heterocycles. The molecule has 2 rings (SSSR count). The molecule has 0 aliphatic carbocycles. The summed E-state index contributed by atoms with van der Waals surface area (Å²) in [4.78, 5) is 11.9. The molecule has 0 bridgehead atoms. The number of rotatable bonds is 3. The van der Waals surface area contributed by atoms with Crippen LogP contribution in [0.5, 0.6) is 0 Å². The summed E-state index contributed by atoms with van der Waals surface area (Å²) in [6.45, 7) is 0.741. The molecule has 0 radical (unpaired) electrons. The summed E-state index contributed by atoms with van der Waals surface area (Å²) in [6, 6.07) is 5.13. The molecule has 0 aromatic heterocycles. The summed E-state index contributed by atoms with van der Waals surface area (Å²) in [6.07, 6.45) is 3.49. The average Bonchev–Trinajstić information content (AvgIpc) is 2.35. The van der Waals surface area contributed by atoms with E-state index in [0.29, 0.717) is 22.2 Å². The van der Waals surface area contributed by atoms with Crippen LogP contribution >= 0.6 is 23.2 Å². The van der Waals surface area contributed by atoms with Crippen molar-refractivity contribution in [1.82, 2.24) is 0 Å². The molecule has 0 spiro atoms. The van der Waals surface area contributed by atoms with E-state index < -0.39 is 0 Å². The molecule has 1 aromatic carbocycles. The minimum atomic E-state index is -0.114. The molecule has 1 aliphatic heterocycles. The highest BCUT2D eigenvalue weighted by molar-refractivity contribution is 6.39. The predicted molar refractivity (Wildman–Crippen MR) is 73.3 cm³/mol. The standard InChI is InChI=1S/C13H15Cl2NO2/c14-10-5-3-6-11(15)13(10)16-12(17)8-9-4-1-2-7-18-9/h3,5-6,9H,1-2,4,7-8H2,(H,16,17). The fourth-order valence-electron chi connectivity index (χ4n) is 1.98. The molecule has 1 aliphatic rings. The first-order valence-corrected chi connectivity index (χ1v) is 6.78. The summed E-state index contributed by atoms with van der Waals surface area (Å²) in [5, 5.41) is 3.63. The maximum absolute atomic E-state index is 11.9. The van der Waals surface area contributed by atoms with E-state index in [4.69, 9.17) is 27.9 Å². The van der Waals surface area contributed by atoms with Crippen molar-refractivity contribution in [2.75, 3.05) is 11.9 Å². The molecule has 1 aromatic rings. The Morgan fingerprint density at radius 3 is 2.67 bits per heavy atom. The van der Waals surface area contributed by atoms with Gasteiger partial charge in [-0.25, -0.2) is 0 Å². The van der Waals surface area contributed by atoms with Crippen molar-refractivity contribution in [2.45, 2.75) is 31.8 Å². The monoisotopic (exact) mass is 287 g/mol. The van der Waals surface area contributed by atoms with Crippen molar-refractivity contribution >= 4 is 34.8 Å². The van der Waals surface area contributed by atoms with Crippen LogP contribution in [0.15, 0.2) is 18.2 Å². The van der Waals surface area contributed by atoms with E-state index in [9.17, 15) is 4.79 Å². The lowest BCUT2D eigenvalue weighted by Crippen LogP contribution is -2.25. The number of hydrogen-bond acceptors (Lipinski definition) is 2. The Morgan fingerprint density at radius 1 is 1.33 bits per heavy atom. The lowest BCUT2D eigenvalue weighted by molar-refractivity contribution is -0.119. The van der Waals surface area contributed by atoms with Crippen LogP contribution in [0.2, 0.25) is 10.0 Å². The van der Waals surface area contributed by atoms with E-state index in [1.165, 1.54) is 0 Å². The first-order chi connectivity index (χ1) is 8.66. The van der Waals surface area contributed by atoms with Crippen molar-refractivity contribution in [3.63, 3.8) is 0 Å². The topological polar surface area (TPSA) is 38.3 Å². The second kappa shape index (κ2) is 6.41. The summed E-state index contributed by atoms with van der Waals surface area (Å²) < 4.78 is 5.52. The van der Waals surface area contributed by atoms with Gasteiger partial charge in [0.15, 0.2) is 0 Å². The summed E-state index contributed by atoms with van der Waals surface area (Å²) in [7, 11) is 0. The zero-order valence-electron chi connectivity index (χ0n) is 9.92. The van der Waals surface area contributed by atoms with Gasteiger partial charge in [0.05, 0.1) is 28.3 Å². The fourth-order valence-corrected chi connectivity index (χ4v) is 2.47. The fraction of sp³-hybridized carbons (Fsp3) is 0.462. The maximum atomic E-state index is 11.9. The van der Waals surface area contributed by atoms with Gasteiger partial charge in [-0.3, -0.25) is 4.79 Å². The number of amides is 1. The Hall–Kier alpha value is -0.770. The lowest BCUT2D eigenvalue weighted by atomic mass is 10.1. The molecule has 5 heteroatoms. The zero-order chi connectivity index (χ0) is 13.0. The van der Waals surface area contributed by atoms with E-state index >= 15 is 0 Å². The van der Waals surface area contributed by atoms with E-state index in [1.54, 1.807) is 18.2 Å². The van der Waals surface area contributed by atoms with Gasteiger partial charge in [0.2, 0.25) is 5.91 Å². The molecule has 3 nitrogen and oxygen atoms in total. The number of carbonyl (C=O) groups excluding carboxylic acids is 1. The van der Waals surface area contributed by atoms with E-state index in [0.717, 1.165) is 25.9 Å². The number of para-hydroxylation sites is 1. The normalized spacial score (nSPS) is 19.6. The lowest BCUT2D eigenvalue weighted by Gasteiger charge is -2.22.